The predicted molar refractivity (Wildman–Crippen MR) is 150 cm³/mol. The number of nitrogens with zero attached hydrogens (tertiary/aromatic N) is 3. The molecule has 1 aliphatic heterocycles. The lowest BCUT2D eigenvalue weighted by molar-refractivity contribution is -0.139. The number of carbonyl (C=O) groups excluding carboxylic acids is 2. The lowest BCUT2D eigenvalue weighted by Gasteiger charge is -2.27. The molecule has 0 fully saturated rings. The van der Waals surface area contributed by atoms with Crippen LogP contribution in [0, 0.1) is 13.8 Å². The molecule has 40 heavy (non-hydrogen) atoms. The summed E-state index contributed by atoms with van der Waals surface area (Å²) < 4.78 is 12.7. The molecule has 0 radical (unpaired) electrons. The van der Waals surface area contributed by atoms with Crippen LogP contribution in [-0.4, -0.2) is 38.2 Å². The summed E-state index contributed by atoms with van der Waals surface area (Å²) >= 11 is 0. The van der Waals surface area contributed by atoms with Gasteiger partial charge in [0.15, 0.2) is 0 Å². The number of carbonyl (C=O) groups is 2. The second-order valence-electron chi connectivity index (χ2n) is 9.62. The Morgan fingerprint density at radius 3 is 2.48 bits per heavy atom. The first kappa shape index (κ1) is 25.1. The van der Waals surface area contributed by atoms with Gasteiger partial charge in [0.2, 0.25) is 11.8 Å². The third-order valence-corrected chi connectivity index (χ3v) is 7.10. The van der Waals surface area contributed by atoms with Crippen LogP contribution in [0.15, 0.2) is 84.5 Å². The van der Waals surface area contributed by atoms with Gasteiger partial charge in [-0.2, -0.15) is 9.78 Å². The SMILES string of the molecule is CCOC(=O)C1=C(N)Oc2c(c(C)nn2C(=O)c2ccncc2)C1c1c(-c2ccc(C)cc2)[nH]c2ccccc12. The van der Waals surface area contributed by atoms with E-state index in [0.29, 0.717) is 16.8 Å². The van der Waals surface area contributed by atoms with Crippen molar-refractivity contribution in [3.8, 4) is 17.1 Å². The molecule has 2 aromatic carbocycles. The van der Waals surface area contributed by atoms with Gasteiger partial charge in [-0.3, -0.25) is 9.78 Å². The van der Waals surface area contributed by atoms with E-state index in [0.717, 1.165) is 33.3 Å². The molecule has 0 aliphatic carbocycles. The number of hydrogen-bond acceptors (Lipinski definition) is 7. The van der Waals surface area contributed by atoms with E-state index in [4.69, 9.17) is 15.2 Å². The summed E-state index contributed by atoms with van der Waals surface area (Å²) in [7, 11) is 0. The molecule has 0 bridgehead atoms. The summed E-state index contributed by atoms with van der Waals surface area (Å²) in [6.45, 7) is 5.71. The molecule has 1 aliphatic rings. The molecule has 4 heterocycles. The van der Waals surface area contributed by atoms with E-state index in [1.54, 1.807) is 26.0 Å². The first-order valence-corrected chi connectivity index (χ1v) is 13.0. The Kier molecular flexibility index (Phi) is 6.18. The molecule has 9 nitrogen and oxygen atoms in total. The number of aromatic amines is 1. The lowest BCUT2D eigenvalue weighted by Crippen LogP contribution is -2.29. The molecular weight excluding hydrogens is 506 g/mol. The van der Waals surface area contributed by atoms with Crippen LogP contribution >= 0.6 is 0 Å². The number of aromatic nitrogens is 4. The van der Waals surface area contributed by atoms with Crippen LogP contribution in [0.25, 0.3) is 22.2 Å². The van der Waals surface area contributed by atoms with E-state index < -0.39 is 17.8 Å². The fraction of sp³-hybridized carbons (Fsp3) is 0.161. The van der Waals surface area contributed by atoms with E-state index in [-0.39, 0.29) is 23.9 Å². The fourth-order valence-electron chi connectivity index (χ4n) is 5.28. The molecule has 5 aromatic rings. The number of nitrogens with two attached hydrogens (primary N) is 1. The Balaban J connectivity index is 1.65. The maximum atomic E-state index is 13.5. The maximum absolute atomic E-state index is 13.5. The van der Waals surface area contributed by atoms with Crippen LogP contribution in [0.2, 0.25) is 0 Å². The van der Waals surface area contributed by atoms with Crippen molar-refractivity contribution in [1.29, 1.82) is 0 Å². The van der Waals surface area contributed by atoms with Crippen molar-refractivity contribution in [3.05, 3.63) is 112 Å². The van der Waals surface area contributed by atoms with Crippen LogP contribution in [0.1, 0.15) is 45.6 Å². The lowest BCUT2D eigenvalue weighted by atomic mass is 9.81. The van der Waals surface area contributed by atoms with Crippen molar-refractivity contribution in [3.63, 3.8) is 0 Å². The zero-order valence-electron chi connectivity index (χ0n) is 22.3. The van der Waals surface area contributed by atoms with Crippen molar-refractivity contribution in [1.82, 2.24) is 19.7 Å². The van der Waals surface area contributed by atoms with Crippen molar-refractivity contribution < 1.29 is 19.1 Å². The van der Waals surface area contributed by atoms with Crippen LogP contribution in [0.5, 0.6) is 5.88 Å². The summed E-state index contributed by atoms with van der Waals surface area (Å²) in [5, 5.41) is 5.48. The first-order chi connectivity index (χ1) is 19.4. The number of fused-ring (bicyclic) bond motifs is 2. The number of aryl methyl sites for hydroxylation is 2. The van der Waals surface area contributed by atoms with Crippen molar-refractivity contribution in [2.75, 3.05) is 6.61 Å². The van der Waals surface area contributed by atoms with Crippen LogP contribution < -0.4 is 10.5 Å². The minimum absolute atomic E-state index is 0.139. The Bertz CT molecular complexity index is 1800. The topological polar surface area (TPSA) is 125 Å². The highest BCUT2D eigenvalue weighted by atomic mass is 16.5. The second kappa shape index (κ2) is 9.85. The van der Waals surface area contributed by atoms with Gasteiger partial charge in [-0.05, 0) is 50.1 Å². The van der Waals surface area contributed by atoms with Crippen molar-refractivity contribution in [2.45, 2.75) is 26.7 Å². The van der Waals surface area contributed by atoms with Crippen LogP contribution in [0.3, 0.4) is 0 Å². The molecule has 1 unspecified atom stereocenters. The van der Waals surface area contributed by atoms with Crippen LogP contribution in [0.4, 0.5) is 0 Å². The van der Waals surface area contributed by atoms with Gasteiger partial charge in [0.05, 0.1) is 29.5 Å². The predicted octanol–water partition coefficient (Wildman–Crippen LogP) is 4.99. The van der Waals surface area contributed by atoms with Gasteiger partial charge >= 0.3 is 5.97 Å². The zero-order valence-corrected chi connectivity index (χ0v) is 22.3. The van der Waals surface area contributed by atoms with E-state index >= 15 is 0 Å². The number of nitrogens with one attached hydrogen (secondary N) is 1. The average molecular weight is 534 g/mol. The number of hydrogen-bond donors (Lipinski definition) is 2. The Labute approximate surface area is 230 Å². The minimum Gasteiger partial charge on any atom is -0.462 e. The molecule has 0 saturated carbocycles. The minimum atomic E-state index is -0.728. The highest BCUT2D eigenvalue weighted by Gasteiger charge is 2.42. The molecule has 0 spiro atoms. The number of ether oxygens (including phenoxy) is 2. The molecule has 0 saturated heterocycles. The monoisotopic (exact) mass is 533 g/mol. The highest BCUT2D eigenvalue weighted by Crippen LogP contribution is 2.49. The Morgan fingerprint density at radius 1 is 1.02 bits per heavy atom. The smallest absolute Gasteiger partial charge is 0.340 e. The molecule has 9 heteroatoms. The number of para-hydroxylation sites is 1. The van der Waals surface area contributed by atoms with Gasteiger partial charge < -0.3 is 20.2 Å². The number of H-pyrrole nitrogens is 1. The van der Waals surface area contributed by atoms with E-state index in [1.165, 1.54) is 17.1 Å². The second-order valence-corrected chi connectivity index (χ2v) is 9.62. The summed E-state index contributed by atoms with van der Waals surface area (Å²) in [5.74, 6) is -1.71. The number of esters is 1. The number of rotatable bonds is 5. The summed E-state index contributed by atoms with van der Waals surface area (Å²) in [6, 6.07) is 19.2. The van der Waals surface area contributed by atoms with Gasteiger partial charge in [0, 0.05) is 28.9 Å². The molecule has 200 valence electrons. The van der Waals surface area contributed by atoms with Crippen molar-refractivity contribution >= 4 is 22.8 Å². The highest BCUT2D eigenvalue weighted by molar-refractivity contribution is 6.00. The number of pyridine rings is 1. The van der Waals surface area contributed by atoms with E-state index in [1.807, 2.05) is 55.5 Å². The van der Waals surface area contributed by atoms with Crippen LogP contribution in [-0.2, 0) is 9.53 Å². The third-order valence-electron chi connectivity index (χ3n) is 7.10. The van der Waals surface area contributed by atoms with Crippen molar-refractivity contribution in [2.24, 2.45) is 5.73 Å². The number of benzene rings is 2. The zero-order chi connectivity index (χ0) is 28.0. The Morgan fingerprint density at radius 2 is 1.75 bits per heavy atom. The van der Waals surface area contributed by atoms with Gasteiger partial charge in [0.1, 0.15) is 5.57 Å². The summed E-state index contributed by atoms with van der Waals surface area (Å²) in [5.41, 5.74) is 12.7. The molecular formula is C31H27N5O4. The van der Waals surface area contributed by atoms with Gasteiger partial charge in [-0.15, -0.1) is 0 Å². The van der Waals surface area contributed by atoms with E-state index in [9.17, 15) is 9.59 Å². The third kappa shape index (κ3) is 4.03. The summed E-state index contributed by atoms with van der Waals surface area (Å²) in [4.78, 5) is 34.5. The Hall–Kier alpha value is -5.18. The molecule has 6 rings (SSSR count). The first-order valence-electron chi connectivity index (χ1n) is 13.0. The summed E-state index contributed by atoms with van der Waals surface area (Å²) in [6.07, 6.45) is 3.07. The quantitative estimate of drug-likeness (QED) is 0.305. The maximum Gasteiger partial charge on any atom is 0.340 e. The van der Waals surface area contributed by atoms with Gasteiger partial charge in [-0.1, -0.05) is 48.0 Å². The fourth-order valence-corrected chi connectivity index (χ4v) is 5.28. The normalized spacial score (nSPS) is 14.6. The molecule has 3 N–H and O–H groups in total. The molecule has 1 atom stereocenters. The van der Waals surface area contributed by atoms with E-state index in [2.05, 4.69) is 15.1 Å². The molecule has 0 amide bonds. The average Bonchev–Trinajstić information content (AvgIpc) is 3.50. The van der Waals surface area contributed by atoms with Gasteiger partial charge in [0.25, 0.3) is 5.91 Å². The van der Waals surface area contributed by atoms with Gasteiger partial charge in [-0.25, -0.2) is 4.79 Å². The largest absolute Gasteiger partial charge is 0.462 e. The molecule has 3 aromatic heterocycles. The standard InChI is InChI=1S/C31H27N5O4/c1-4-39-31(38)26-25(24-21-7-5-6-8-22(21)34-27(24)19-11-9-17(2)10-12-19)23-18(3)35-36(30(23)40-28(26)32)29(37)20-13-15-33-16-14-20/h5-16,25,34H,4,32H2,1-3H3.